The van der Waals surface area contributed by atoms with Crippen LogP contribution < -0.4 is 0 Å². The monoisotopic (exact) mass is 347 g/mol. The Morgan fingerprint density at radius 1 is 1.44 bits per heavy atom. The summed E-state index contributed by atoms with van der Waals surface area (Å²) in [5, 5.41) is 8.97. The fraction of sp³-hybridized carbons (Fsp3) is 0. The molecule has 0 atom stereocenters. The molecule has 0 aliphatic carbocycles. The van der Waals surface area contributed by atoms with Crippen molar-refractivity contribution in [2.75, 3.05) is 0 Å². The molecule has 9 heavy (non-hydrogen) atoms. The van der Waals surface area contributed by atoms with E-state index in [1.165, 1.54) is 6.20 Å². The van der Waals surface area contributed by atoms with Crippen LogP contribution in [0.3, 0.4) is 0 Å². The Balaban J connectivity index is 3.17. The van der Waals surface area contributed by atoms with E-state index >= 15 is 0 Å². The lowest BCUT2D eigenvalue weighted by molar-refractivity contribution is 0.468. The van der Waals surface area contributed by atoms with Crippen molar-refractivity contribution in [1.29, 1.82) is 0 Å². The standard InChI is InChI=1S/C5H3I2NO/c6-3-1-5(7)8-2-4(3)9/h1-2,9H. The number of hydrogen-bond donors (Lipinski definition) is 1. The average molecular weight is 347 g/mol. The molecule has 1 N–H and O–H groups in total. The molecule has 0 unspecified atom stereocenters. The van der Waals surface area contributed by atoms with E-state index in [1.807, 2.05) is 6.07 Å². The lowest BCUT2D eigenvalue weighted by Gasteiger charge is -1.93. The molecule has 1 aromatic rings. The first-order valence-corrected chi connectivity index (χ1v) is 4.36. The van der Waals surface area contributed by atoms with Gasteiger partial charge in [0.2, 0.25) is 0 Å². The van der Waals surface area contributed by atoms with Crippen LogP contribution >= 0.6 is 45.2 Å². The fourth-order valence-electron chi connectivity index (χ4n) is 0.400. The van der Waals surface area contributed by atoms with Crippen molar-refractivity contribution < 1.29 is 5.11 Å². The van der Waals surface area contributed by atoms with Gasteiger partial charge in [0.15, 0.2) is 0 Å². The molecule has 0 bridgehead atoms. The van der Waals surface area contributed by atoms with Gasteiger partial charge in [0.05, 0.1) is 9.77 Å². The predicted molar refractivity (Wildman–Crippen MR) is 51.3 cm³/mol. The Kier molecular flexibility index (Phi) is 2.50. The third kappa shape index (κ3) is 1.92. The number of aromatic nitrogens is 1. The summed E-state index contributed by atoms with van der Waals surface area (Å²) in [5.41, 5.74) is 0. The molecular weight excluding hydrogens is 344 g/mol. The van der Waals surface area contributed by atoms with Gasteiger partial charge in [-0.3, -0.25) is 0 Å². The van der Waals surface area contributed by atoms with Gasteiger partial charge in [0.1, 0.15) is 9.45 Å². The van der Waals surface area contributed by atoms with Crippen molar-refractivity contribution in [2.24, 2.45) is 0 Å². The fourth-order valence-corrected chi connectivity index (χ4v) is 1.88. The molecule has 0 spiro atoms. The summed E-state index contributed by atoms with van der Waals surface area (Å²) < 4.78 is 1.74. The van der Waals surface area contributed by atoms with E-state index in [1.54, 1.807) is 0 Å². The Morgan fingerprint density at radius 2 is 2.11 bits per heavy atom. The van der Waals surface area contributed by atoms with Crippen LogP contribution in [0.15, 0.2) is 12.3 Å². The normalized spacial score (nSPS) is 9.56. The zero-order valence-corrected chi connectivity index (χ0v) is 8.62. The molecule has 0 radical (unpaired) electrons. The number of aromatic hydroxyl groups is 1. The highest BCUT2D eigenvalue weighted by molar-refractivity contribution is 14.1. The Morgan fingerprint density at radius 3 is 2.56 bits per heavy atom. The Hall–Kier alpha value is 0.410. The molecule has 2 nitrogen and oxygen atoms in total. The van der Waals surface area contributed by atoms with Crippen LogP contribution in [0.25, 0.3) is 0 Å². The van der Waals surface area contributed by atoms with Crippen molar-refractivity contribution in [2.45, 2.75) is 0 Å². The minimum atomic E-state index is 0.246. The minimum Gasteiger partial charge on any atom is -0.505 e. The van der Waals surface area contributed by atoms with Crippen molar-refractivity contribution in [3.05, 3.63) is 19.5 Å². The van der Waals surface area contributed by atoms with E-state index in [2.05, 4.69) is 50.2 Å². The number of pyridine rings is 1. The summed E-state index contributed by atoms with van der Waals surface area (Å²) in [6.07, 6.45) is 1.45. The van der Waals surface area contributed by atoms with Gasteiger partial charge in [0.25, 0.3) is 0 Å². The van der Waals surface area contributed by atoms with Gasteiger partial charge in [-0.1, -0.05) is 0 Å². The van der Waals surface area contributed by atoms with Gasteiger partial charge >= 0.3 is 0 Å². The van der Waals surface area contributed by atoms with Gasteiger partial charge in [-0.25, -0.2) is 4.98 Å². The lowest BCUT2D eigenvalue weighted by atomic mass is 10.5. The highest BCUT2D eigenvalue weighted by Crippen LogP contribution is 2.18. The molecule has 0 saturated carbocycles. The quantitative estimate of drug-likeness (QED) is 0.575. The Bertz CT molecular complexity index is 226. The minimum absolute atomic E-state index is 0.246. The van der Waals surface area contributed by atoms with Crippen LogP contribution in [-0.2, 0) is 0 Å². The molecule has 0 aliphatic heterocycles. The Labute approximate surface area is 80.0 Å². The molecule has 4 heteroatoms. The number of rotatable bonds is 0. The zero-order chi connectivity index (χ0) is 6.85. The van der Waals surface area contributed by atoms with E-state index in [0.717, 1.165) is 7.27 Å². The topological polar surface area (TPSA) is 33.1 Å². The van der Waals surface area contributed by atoms with Gasteiger partial charge in [-0.2, -0.15) is 0 Å². The summed E-state index contributed by atoms with van der Waals surface area (Å²) in [5.74, 6) is 0.246. The number of nitrogens with zero attached hydrogens (tertiary/aromatic N) is 1. The van der Waals surface area contributed by atoms with E-state index in [-0.39, 0.29) is 5.75 Å². The maximum absolute atomic E-state index is 8.97. The van der Waals surface area contributed by atoms with Crippen LogP contribution in [0.4, 0.5) is 0 Å². The molecule has 0 aromatic carbocycles. The summed E-state index contributed by atoms with van der Waals surface area (Å²) in [6, 6.07) is 1.82. The number of halogens is 2. The molecule has 1 rings (SSSR count). The van der Waals surface area contributed by atoms with Crippen LogP contribution in [0.5, 0.6) is 5.75 Å². The van der Waals surface area contributed by atoms with E-state index in [9.17, 15) is 0 Å². The first kappa shape index (κ1) is 7.52. The van der Waals surface area contributed by atoms with E-state index in [0.29, 0.717) is 0 Å². The van der Waals surface area contributed by atoms with Crippen molar-refractivity contribution in [3.63, 3.8) is 0 Å². The smallest absolute Gasteiger partial charge is 0.147 e. The van der Waals surface area contributed by atoms with Crippen molar-refractivity contribution >= 4 is 45.2 Å². The first-order valence-electron chi connectivity index (χ1n) is 2.20. The third-order valence-corrected chi connectivity index (χ3v) is 2.25. The maximum Gasteiger partial charge on any atom is 0.147 e. The second-order valence-corrected chi connectivity index (χ2v) is 3.73. The summed E-state index contributed by atoms with van der Waals surface area (Å²) in [6.45, 7) is 0. The van der Waals surface area contributed by atoms with Gasteiger partial charge < -0.3 is 5.11 Å². The zero-order valence-electron chi connectivity index (χ0n) is 4.31. The molecular formula is C5H3I2NO. The molecule has 1 heterocycles. The van der Waals surface area contributed by atoms with Crippen LogP contribution in [0.2, 0.25) is 0 Å². The van der Waals surface area contributed by atoms with Gasteiger partial charge in [0, 0.05) is 0 Å². The van der Waals surface area contributed by atoms with Crippen molar-refractivity contribution in [3.8, 4) is 5.75 Å². The largest absolute Gasteiger partial charge is 0.505 e. The van der Waals surface area contributed by atoms with Gasteiger partial charge in [-0.05, 0) is 51.2 Å². The highest BCUT2D eigenvalue weighted by Gasteiger charge is 1.95. The van der Waals surface area contributed by atoms with E-state index in [4.69, 9.17) is 5.11 Å². The lowest BCUT2D eigenvalue weighted by Crippen LogP contribution is -1.80. The second kappa shape index (κ2) is 3.00. The van der Waals surface area contributed by atoms with E-state index < -0.39 is 0 Å². The first-order chi connectivity index (χ1) is 4.20. The molecule has 0 aliphatic rings. The molecule has 0 fully saturated rings. The maximum atomic E-state index is 8.97. The summed E-state index contributed by atoms with van der Waals surface area (Å²) in [4.78, 5) is 3.87. The second-order valence-electron chi connectivity index (χ2n) is 1.46. The summed E-state index contributed by atoms with van der Waals surface area (Å²) in [7, 11) is 0. The summed E-state index contributed by atoms with van der Waals surface area (Å²) >= 11 is 4.15. The van der Waals surface area contributed by atoms with Gasteiger partial charge in [-0.15, -0.1) is 0 Å². The van der Waals surface area contributed by atoms with Crippen LogP contribution in [0, 0.1) is 7.27 Å². The predicted octanol–water partition coefficient (Wildman–Crippen LogP) is 2.00. The third-order valence-electron chi connectivity index (χ3n) is 0.801. The number of hydrogen-bond acceptors (Lipinski definition) is 2. The molecule has 0 amide bonds. The highest BCUT2D eigenvalue weighted by atomic mass is 127. The molecule has 0 saturated heterocycles. The van der Waals surface area contributed by atoms with Crippen LogP contribution in [0.1, 0.15) is 0 Å². The van der Waals surface area contributed by atoms with Crippen molar-refractivity contribution in [1.82, 2.24) is 4.98 Å². The average Bonchev–Trinajstić information content (AvgIpc) is 1.80. The SMILES string of the molecule is Oc1cnc(I)cc1I. The molecule has 1 aromatic heterocycles. The molecule has 48 valence electrons. The van der Waals surface area contributed by atoms with Crippen LogP contribution in [-0.4, -0.2) is 10.1 Å².